The summed E-state index contributed by atoms with van der Waals surface area (Å²) >= 11 is 0. The number of ether oxygens (including phenoxy) is 1. The standard InChI is InChI=1S/C10H20O2/c1-10(2,3)6-9(11)8-4-5-12-7-8/h8-9,11H,4-7H2,1-3H3. The lowest BCUT2D eigenvalue weighted by atomic mass is 9.84. The first-order chi connectivity index (χ1) is 5.49. The topological polar surface area (TPSA) is 29.5 Å². The second-order valence-corrected chi connectivity index (χ2v) is 4.96. The third kappa shape index (κ3) is 3.11. The van der Waals surface area contributed by atoms with E-state index in [1.54, 1.807) is 0 Å². The van der Waals surface area contributed by atoms with E-state index in [1.165, 1.54) is 0 Å². The third-order valence-corrected chi connectivity index (χ3v) is 2.33. The van der Waals surface area contributed by atoms with Crippen molar-refractivity contribution < 1.29 is 9.84 Å². The summed E-state index contributed by atoms with van der Waals surface area (Å²) in [5.74, 6) is 0.379. The van der Waals surface area contributed by atoms with Gasteiger partial charge in [0.1, 0.15) is 0 Å². The minimum absolute atomic E-state index is 0.174. The van der Waals surface area contributed by atoms with Gasteiger partial charge in [-0.05, 0) is 18.3 Å². The quantitative estimate of drug-likeness (QED) is 0.688. The molecular weight excluding hydrogens is 152 g/mol. The number of aliphatic hydroxyl groups excluding tert-OH is 1. The molecule has 0 aromatic rings. The highest BCUT2D eigenvalue weighted by Crippen LogP contribution is 2.27. The van der Waals surface area contributed by atoms with Crippen molar-refractivity contribution in [1.82, 2.24) is 0 Å². The summed E-state index contributed by atoms with van der Waals surface area (Å²) in [6.45, 7) is 8.05. The van der Waals surface area contributed by atoms with Gasteiger partial charge in [0.25, 0.3) is 0 Å². The first kappa shape index (κ1) is 10.0. The van der Waals surface area contributed by atoms with Gasteiger partial charge in [-0.15, -0.1) is 0 Å². The van der Waals surface area contributed by atoms with Gasteiger partial charge < -0.3 is 9.84 Å². The fourth-order valence-electron chi connectivity index (χ4n) is 1.65. The van der Waals surface area contributed by atoms with Crippen molar-refractivity contribution in [2.45, 2.75) is 39.7 Å². The van der Waals surface area contributed by atoms with Crippen molar-refractivity contribution in [2.75, 3.05) is 13.2 Å². The van der Waals surface area contributed by atoms with Crippen LogP contribution in [0.15, 0.2) is 0 Å². The number of hydrogen-bond donors (Lipinski definition) is 1. The van der Waals surface area contributed by atoms with Crippen LogP contribution in [0, 0.1) is 11.3 Å². The average Bonchev–Trinajstić information content (AvgIpc) is 2.32. The molecule has 0 saturated carbocycles. The molecule has 2 unspecified atom stereocenters. The normalized spacial score (nSPS) is 27.5. The van der Waals surface area contributed by atoms with E-state index in [1.807, 2.05) is 0 Å². The Bertz CT molecular complexity index is 131. The number of aliphatic hydroxyl groups is 1. The second-order valence-electron chi connectivity index (χ2n) is 4.96. The van der Waals surface area contributed by atoms with E-state index >= 15 is 0 Å². The zero-order chi connectivity index (χ0) is 9.19. The molecule has 0 bridgehead atoms. The summed E-state index contributed by atoms with van der Waals surface area (Å²) in [5.41, 5.74) is 0.224. The van der Waals surface area contributed by atoms with Crippen molar-refractivity contribution in [3.05, 3.63) is 0 Å². The largest absolute Gasteiger partial charge is 0.393 e. The molecule has 1 aliphatic heterocycles. The van der Waals surface area contributed by atoms with Crippen molar-refractivity contribution in [2.24, 2.45) is 11.3 Å². The molecule has 1 rings (SSSR count). The summed E-state index contributed by atoms with van der Waals surface area (Å²) in [6.07, 6.45) is 1.73. The molecule has 2 atom stereocenters. The molecule has 2 nitrogen and oxygen atoms in total. The van der Waals surface area contributed by atoms with Crippen molar-refractivity contribution in [3.63, 3.8) is 0 Å². The molecule has 0 aromatic heterocycles. The Labute approximate surface area is 74.9 Å². The van der Waals surface area contributed by atoms with Crippen LogP contribution in [0.25, 0.3) is 0 Å². The van der Waals surface area contributed by atoms with Crippen LogP contribution in [-0.4, -0.2) is 24.4 Å². The average molecular weight is 172 g/mol. The maximum absolute atomic E-state index is 9.80. The minimum atomic E-state index is -0.174. The molecule has 1 fully saturated rings. The lowest BCUT2D eigenvalue weighted by Crippen LogP contribution is -2.26. The monoisotopic (exact) mass is 172 g/mol. The highest BCUT2D eigenvalue weighted by atomic mass is 16.5. The minimum Gasteiger partial charge on any atom is -0.393 e. The summed E-state index contributed by atoms with van der Waals surface area (Å²) in [5, 5.41) is 9.80. The number of hydrogen-bond acceptors (Lipinski definition) is 2. The predicted molar refractivity (Wildman–Crippen MR) is 49.0 cm³/mol. The van der Waals surface area contributed by atoms with Crippen LogP contribution in [0.3, 0.4) is 0 Å². The Hall–Kier alpha value is -0.0800. The predicted octanol–water partition coefficient (Wildman–Crippen LogP) is 1.82. The van der Waals surface area contributed by atoms with Crippen LogP contribution >= 0.6 is 0 Å². The van der Waals surface area contributed by atoms with Crippen LogP contribution in [-0.2, 0) is 4.74 Å². The van der Waals surface area contributed by atoms with Gasteiger partial charge in [0, 0.05) is 12.5 Å². The zero-order valence-corrected chi connectivity index (χ0v) is 8.34. The van der Waals surface area contributed by atoms with Gasteiger partial charge in [-0.3, -0.25) is 0 Å². The lowest BCUT2D eigenvalue weighted by Gasteiger charge is -2.25. The van der Waals surface area contributed by atoms with E-state index in [2.05, 4.69) is 20.8 Å². The summed E-state index contributed by atoms with van der Waals surface area (Å²) in [7, 11) is 0. The Morgan fingerprint density at radius 3 is 2.58 bits per heavy atom. The third-order valence-electron chi connectivity index (χ3n) is 2.33. The molecule has 0 aromatic carbocycles. The van der Waals surface area contributed by atoms with Gasteiger partial charge in [-0.1, -0.05) is 20.8 Å². The van der Waals surface area contributed by atoms with E-state index in [4.69, 9.17) is 4.74 Å². The Balaban J connectivity index is 2.31. The molecule has 0 aliphatic carbocycles. The smallest absolute Gasteiger partial charge is 0.0596 e. The van der Waals surface area contributed by atoms with Crippen LogP contribution < -0.4 is 0 Å². The van der Waals surface area contributed by atoms with Crippen molar-refractivity contribution in [3.8, 4) is 0 Å². The Morgan fingerprint density at radius 1 is 1.50 bits per heavy atom. The molecule has 0 radical (unpaired) electrons. The van der Waals surface area contributed by atoms with Gasteiger partial charge in [-0.25, -0.2) is 0 Å². The second kappa shape index (κ2) is 3.75. The molecule has 1 N–H and O–H groups in total. The summed E-state index contributed by atoms with van der Waals surface area (Å²) < 4.78 is 5.23. The molecule has 0 spiro atoms. The van der Waals surface area contributed by atoms with Gasteiger partial charge in [0.2, 0.25) is 0 Å². The van der Waals surface area contributed by atoms with Crippen molar-refractivity contribution in [1.29, 1.82) is 0 Å². The van der Waals surface area contributed by atoms with Crippen molar-refractivity contribution >= 4 is 0 Å². The first-order valence-electron chi connectivity index (χ1n) is 4.75. The van der Waals surface area contributed by atoms with Gasteiger partial charge >= 0.3 is 0 Å². The van der Waals surface area contributed by atoms with Gasteiger partial charge in [0.05, 0.1) is 12.7 Å². The Morgan fingerprint density at radius 2 is 2.17 bits per heavy atom. The van der Waals surface area contributed by atoms with Crippen LogP contribution in [0.2, 0.25) is 0 Å². The Kier molecular flexibility index (Phi) is 3.13. The molecule has 1 aliphatic rings. The van der Waals surface area contributed by atoms with E-state index in [-0.39, 0.29) is 11.5 Å². The SMILES string of the molecule is CC(C)(C)CC(O)C1CCOC1. The van der Waals surface area contributed by atoms with Gasteiger partial charge in [-0.2, -0.15) is 0 Å². The summed E-state index contributed by atoms with van der Waals surface area (Å²) in [4.78, 5) is 0. The maximum Gasteiger partial charge on any atom is 0.0596 e. The highest BCUT2D eigenvalue weighted by molar-refractivity contribution is 4.77. The van der Waals surface area contributed by atoms with Crippen LogP contribution in [0.5, 0.6) is 0 Å². The fourth-order valence-corrected chi connectivity index (χ4v) is 1.65. The molecule has 2 heteroatoms. The summed E-state index contributed by atoms with van der Waals surface area (Å²) in [6, 6.07) is 0. The van der Waals surface area contributed by atoms with E-state index in [9.17, 15) is 5.11 Å². The maximum atomic E-state index is 9.80. The molecule has 12 heavy (non-hydrogen) atoms. The molecule has 72 valence electrons. The number of rotatable bonds is 2. The van der Waals surface area contributed by atoms with Crippen LogP contribution in [0.4, 0.5) is 0 Å². The molecule has 1 heterocycles. The molecule has 0 amide bonds. The van der Waals surface area contributed by atoms with E-state index in [0.29, 0.717) is 5.92 Å². The first-order valence-corrected chi connectivity index (χ1v) is 4.75. The van der Waals surface area contributed by atoms with E-state index in [0.717, 1.165) is 26.1 Å². The lowest BCUT2D eigenvalue weighted by molar-refractivity contribution is 0.0578. The highest BCUT2D eigenvalue weighted by Gasteiger charge is 2.27. The van der Waals surface area contributed by atoms with Crippen LogP contribution in [0.1, 0.15) is 33.6 Å². The molecular formula is C10H20O2. The zero-order valence-electron chi connectivity index (χ0n) is 8.34. The molecule has 1 saturated heterocycles. The van der Waals surface area contributed by atoms with Gasteiger partial charge in [0.15, 0.2) is 0 Å². The van der Waals surface area contributed by atoms with E-state index < -0.39 is 0 Å². The fraction of sp³-hybridized carbons (Fsp3) is 1.00.